The zero-order valence-electron chi connectivity index (χ0n) is 11.5. The van der Waals surface area contributed by atoms with Gasteiger partial charge in [0.15, 0.2) is 0 Å². The van der Waals surface area contributed by atoms with E-state index in [1.807, 2.05) is 36.4 Å². The number of esters is 1. The first kappa shape index (κ1) is 15.7. The van der Waals surface area contributed by atoms with Gasteiger partial charge in [-0.1, -0.05) is 53.5 Å². The van der Waals surface area contributed by atoms with Crippen LogP contribution < -0.4 is 5.32 Å². The van der Waals surface area contributed by atoms with Crippen LogP contribution in [0.4, 0.5) is 5.69 Å². The van der Waals surface area contributed by atoms with Crippen molar-refractivity contribution < 1.29 is 9.53 Å². The number of carbonyl (C=O) groups excluding carboxylic acids is 1. The highest BCUT2D eigenvalue weighted by Crippen LogP contribution is 2.26. The SMILES string of the molecule is COC(=O)C(CNc1ccc(Cl)c(Cl)c1)c1ccccc1. The van der Waals surface area contributed by atoms with Gasteiger partial charge in [0.05, 0.1) is 23.1 Å². The third-order valence-corrected chi connectivity index (χ3v) is 3.86. The lowest BCUT2D eigenvalue weighted by atomic mass is 9.99. The number of benzene rings is 2. The first-order valence-electron chi connectivity index (χ1n) is 6.43. The number of ether oxygens (including phenoxy) is 1. The van der Waals surface area contributed by atoms with Crippen LogP contribution >= 0.6 is 23.2 Å². The normalized spacial score (nSPS) is 11.8. The number of rotatable bonds is 5. The Labute approximate surface area is 133 Å². The Morgan fingerprint density at radius 1 is 1.14 bits per heavy atom. The summed E-state index contributed by atoms with van der Waals surface area (Å²) in [6.45, 7) is 0.411. The first-order chi connectivity index (χ1) is 10.1. The van der Waals surface area contributed by atoms with Crippen LogP contribution in [0.2, 0.25) is 10.0 Å². The number of methoxy groups -OCH3 is 1. The first-order valence-corrected chi connectivity index (χ1v) is 7.19. The van der Waals surface area contributed by atoms with Crippen molar-refractivity contribution in [2.45, 2.75) is 5.92 Å². The van der Waals surface area contributed by atoms with Gasteiger partial charge in [0.2, 0.25) is 0 Å². The van der Waals surface area contributed by atoms with E-state index in [0.29, 0.717) is 16.6 Å². The predicted molar refractivity (Wildman–Crippen MR) is 86.2 cm³/mol. The number of carbonyl (C=O) groups is 1. The van der Waals surface area contributed by atoms with Crippen molar-refractivity contribution in [1.29, 1.82) is 0 Å². The maximum atomic E-state index is 11.9. The Morgan fingerprint density at radius 3 is 2.48 bits per heavy atom. The quantitative estimate of drug-likeness (QED) is 0.831. The van der Waals surface area contributed by atoms with Crippen molar-refractivity contribution in [2.75, 3.05) is 19.0 Å². The highest BCUT2D eigenvalue weighted by atomic mass is 35.5. The van der Waals surface area contributed by atoms with Crippen molar-refractivity contribution in [3.63, 3.8) is 0 Å². The summed E-state index contributed by atoms with van der Waals surface area (Å²) in [6.07, 6.45) is 0. The van der Waals surface area contributed by atoms with Crippen LogP contribution in [0, 0.1) is 0 Å². The maximum Gasteiger partial charge on any atom is 0.314 e. The van der Waals surface area contributed by atoms with E-state index in [2.05, 4.69) is 5.32 Å². The second-order valence-electron chi connectivity index (χ2n) is 4.50. The summed E-state index contributed by atoms with van der Waals surface area (Å²) in [6, 6.07) is 14.7. The molecule has 0 aliphatic carbocycles. The highest BCUT2D eigenvalue weighted by Gasteiger charge is 2.21. The molecule has 0 heterocycles. The summed E-state index contributed by atoms with van der Waals surface area (Å²) in [7, 11) is 1.39. The van der Waals surface area contributed by atoms with E-state index in [0.717, 1.165) is 11.3 Å². The summed E-state index contributed by atoms with van der Waals surface area (Å²) in [5.74, 6) is -0.667. The van der Waals surface area contributed by atoms with Crippen LogP contribution in [0.5, 0.6) is 0 Å². The Morgan fingerprint density at radius 2 is 1.86 bits per heavy atom. The topological polar surface area (TPSA) is 38.3 Å². The van der Waals surface area contributed by atoms with Crippen molar-refractivity contribution >= 4 is 34.9 Å². The van der Waals surface area contributed by atoms with E-state index in [-0.39, 0.29) is 11.9 Å². The van der Waals surface area contributed by atoms with Crippen LogP contribution in [0.3, 0.4) is 0 Å². The van der Waals surface area contributed by atoms with Gasteiger partial charge in [0.1, 0.15) is 0 Å². The van der Waals surface area contributed by atoms with E-state index in [1.165, 1.54) is 7.11 Å². The van der Waals surface area contributed by atoms with Gasteiger partial charge in [-0.3, -0.25) is 4.79 Å². The van der Waals surface area contributed by atoms with E-state index in [1.54, 1.807) is 12.1 Å². The third-order valence-electron chi connectivity index (χ3n) is 3.12. The maximum absolute atomic E-state index is 11.9. The summed E-state index contributed by atoms with van der Waals surface area (Å²) < 4.78 is 4.87. The fourth-order valence-electron chi connectivity index (χ4n) is 1.99. The second kappa shape index (κ2) is 7.34. The smallest absolute Gasteiger partial charge is 0.314 e. The Bertz CT molecular complexity index is 617. The fourth-order valence-corrected chi connectivity index (χ4v) is 2.29. The molecule has 110 valence electrons. The summed E-state index contributed by atoms with van der Waals surface area (Å²) in [5, 5.41) is 4.15. The molecule has 2 aromatic carbocycles. The number of hydrogen-bond donors (Lipinski definition) is 1. The molecule has 0 fully saturated rings. The molecule has 5 heteroatoms. The molecule has 3 nitrogen and oxygen atoms in total. The molecule has 21 heavy (non-hydrogen) atoms. The third kappa shape index (κ3) is 4.13. The minimum atomic E-state index is -0.384. The molecular weight excluding hydrogens is 309 g/mol. The molecule has 0 aliphatic rings. The van der Waals surface area contributed by atoms with Gasteiger partial charge < -0.3 is 10.1 Å². The van der Waals surface area contributed by atoms with Gasteiger partial charge in [-0.15, -0.1) is 0 Å². The lowest BCUT2D eigenvalue weighted by Crippen LogP contribution is -2.22. The number of nitrogens with one attached hydrogen (secondary N) is 1. The molecule has 1 atom stereocenters. The molecule has 2 rings (SSSR count). The van der Waals surface area contributed by atoms with Crippen LogP contribution in [0.15, 0.2) is 48.5 Å². The largest absolute Gasteiger partial charge is 0.468 e. The molecule has 0 saturated carbocycles. The molecule has 0 spiro atoms. The summed E-state index contributed by atoms with van der Waals surface area (Å²) >= 11 is 11.9. The predicted octanol–water partition coefficient (Wildman–Crippen LogP) is 4.36. The zero-order valence-corrected chi connectivity index (χ0v) is 13.0. The lowest BCUT2D eigenvalue weighted by Gasteiger charge is -2.16. The molecule has 1 unspecified atom stereocenters. The monoisotopic (exact) mass is 323 g/mol. The van der Waals surface area contributed by atoms with Crippen LogP contribution in [0.1, 0.15) is 11.5 Å². The molecule has 0 bridgehead atoms. The fraction of sp³-hybridized carbons (Fsp3) is 0.188. The van der Waals surface area contributed by atoms with E-state index in [9.17, 15) is 4.79 Å². The van der Waals surface area contributed by atoms with Gasteiger partial charge in [-0.25, -0.2) is 0 Å². The second-order valence-corrected chi connectivity index (χ2v) is 5.31. The molecule has 1 N–H and O–H groups in total. The average molecular weight is 324 g/mol. The molecule has 0 amide bonds. The molecular formula is C16H15Cl2NO2. The van der Waals surface area contributed by atoms with Gasteiger partial charge in [0.25, 0.3) is 0 Å². The van der Waals surface area contributed by atoms with Crippen molar-refractivity contribution in [3.05, 3.63) is 64.1 Å². The summed E-state index contributed by atoms with van der Waals surface area (Å²) in [4.78, 5) is 11.9. The van der Waals surface area contributed by atoms with Gasteiger partial charge in [-0.05, 0) is 23.8 Å². The number of anilines is 1. The molecule has 0 aromatic heterocycles. The van der Waals surface area contributed by atoms with E-state index >= 15 is 0 Å². The van der Waals surface area contributed by atoms with E-state index < -0.39 is 0 Å². The summed E-state index contributed by atoms with van der Waals surface area (Å²) in [5.41, 5.74) is 1.70. The highest BCUT2D eigenvalue weighted by molar-refractivity contribution is 6.42. The standard InChI is InChI=1S/C16H15Cl2NO2/c1-21-16(20)13(11-5-3-2-4-6-11)10-19-12-7-8-14(17)15(18)9-12/h2-9,13,19H,10H2,1H3. The number of halogens is 2. The minimum Gasteiger partial charge on any atom is -0.468 e. The van der Waals surface area contributed by atoms with Crippen molar-refractivity contribution in [2.24, 2.45) is 0 Å². The van der Waals surface area contributed by atoms with Gasteiger partial charge >= 0.3 is 5.97 Å². The molecule has 0 aliphatic heterocycles. The zero-order chi connectivity index (χ0) is 15.2. The Kier molecular flexibility index (Phi) is 5.48. The average Bonchev–Trinajstić information content (AvgIpc) is 2.51. The van der Waals surface area contributed by atoms with E-state index in [4.69, 9.17) is 27.9 Å². The lowest BCUT2D eigenvalue weighted by molar-refractivity contribution is -0.142. The van der Waals surface area contributed by atoms with Crippen molar-refractivity contribution in [3.8, 4) is 0 Å². The van der Waals surface area contributed by atoms with Crippen LogP contribution in [-0.2, 0) is 9.53 Å². The Balaban J connectivity index is 2.12. The van der Waals surface area contributed by atoms with Crippen LogP contribution in [0.25, 0.3) is 0 Å². The van der Waals surface area contributed by atoms with Crippen LogP contribution in [-0.4, -0.2) is 19.6 Å². The molecule has 0 saturated heterocycles. The van der Waals surface area contributed by atoms with Gasteiger partial charge in [-0.2, -0.15) is 0 Å². The van der Waals surface area contributed by atoms with Crippen molar-refractivity contribution in [1.82, 2.24) is 0 Å². The molecule has 2 aromatic rings. The van der Waals surface area contributed by atoms with Gasteiger partial charge in [0, 0.05) is 12.2 Å². The Hall–Kier alpha value is -1.71. The minimum absolute atomic E-state index is 0.284. The molecule has 0 radical (unpaired) electrons. The number of hydrogen-bond acceptors (Lipinski definition) is 3.